The number of fused-ring (bicyclic) bond motifs is 2. The zero-order valence-electron chi connectivity index (χ0n) is 9.56. The van der Waals surface area contributed by atoms with Gasteiger partial charge in [0.1, 0.15) is 0 Å². The molecule has 2 bridgehead atoms. The number of hydrogen-bond acceptors (Lipinski definition) is 3. The van der Waals surface area contributed by atoms with Gasteiger partial charge >= 0.3 is 0 Å². The van der Waals surface area contributed by atoms with Gasteiger partial charge in [0.25, 0.3) is 0 Å². The standard InChI is InChI=1S/C12H20N2O2/c1-2-5-13-8-12(16)14-9-3-4-10(14)7-11(15)6-9/h2,9-11,13,15H,1,3-8H2. The molecule has 16 heavy (non-hydrogen) atoms. The molecule has 2 atom stereocenters. The van der Waals surface area contributed by atoms with Crippen molar-refractivity contribution in [1.29, 1.82) is 0 Å². The zero-order chi connectivity index (χ0) is 11.5. The van der Waals surface area contributed by atoms with Gasteiger partial charge in [0, 0.05) is 18.6 Å². The van der Waals surface area contributed by atoms with Crippen LogP contribution in [0.4, 0.5) is 0 Å². The Morgan fingerprint density at radius 2 is 2.06 bits per heavy atom. The highest BCUT2D eigenvalue weighted by Gasteiger charge is 2.42. The maximum absolute atomic E-state index is 12.0. The first-order valence-electron chi connectivity index (χ1n) is 6.03. The number of nitrogens with one attached hydrogen (secondary N) is 1. The average molecular weight is 224 g/mol. The number of piperidine rings is 1. The second-order valence-corrected chi connectivity index (χ2v) is 4.73. The molecule has 0 radical (unpaired) electrons. The molecule has 2 saturated heterocycles. The Morgan fingerprint density at radius 1 is 1.44 bits per heavy atom. The number of aliphatic hydroxyl groups is 1. The lowest BCUT2D eigenvalue weighted by atomic mass is 10.00. The summed E-state index contributed by atoms with van der Waals surface area (Å²) in [5, 5.41) is 12.7. The number of hydrogen-bond donors (Lipinski definition) is 2. The fraction of sp³-hybridized carbons (Fsp3) is 0.750. The highest BCUT2D eigenvalue weighted by atomic mass is 16.3. The van der Waals surface area contributed by atoms with Crippen LogP contribution in [0.5, 0.6) is 0 Å². The third-order valence-electron chi connectivity index (χ3n) is 3.56. The summed E-state index contributed by atoms with van der Waals surface area (Å²) in [6.07, 6.45) is 5.15. The molecule has 0 aromatic rings. The topological polar surface area (TPSA) is 52.6 Å². The lowest BCUT2D eigenvalue weighted by Crippen LogP contribution is -2.50. The van der Waals surface area contributed by atoms with E-state index in [1.165, 1.54) is 0 Å². The highest BCUT2D eigenvalue weighted by Crippen LogP contribution is 2.35. The maximum Gasteiger partial charge on any atom is 0.237 e. The number of aliphatic hydroxyl groups excluding tert-OH is 1. The van der Waals surface area contributed by atoms with E-state index < -0.39 is 0 Å². The lowest BCUT2D eigenvalue weighted by molar-refractivity contribution is -0.136. The van der Waals surface area contributed by atoms with Crippen LogP contribution in [-0.4, -0.2) is 47.2 Å². The van der Waals surface area contributed by atoms with Crippen LogP contribution in [0.1, 0.15) is 25.7 Å². The number of nitrogens with zero attached hydrogens (tertiary/aromatic N) is 1. The second-order valence-electron chi connectivity index (χ2n) is 4.73. The molecule has 2 aliphatic heterocycles. The van der Waals surface area contributed by atoms with Gasteiger partial charge in [-0.2, -0.15) is 0 Å². The molecule has 0 aromatic heterocycles. The van der Waals surface area contributed by atoms with Crippen LogP contribution in [0.2, 0.25) is 0 Å². The van der Waals surface area contributed by atoms with Gasteiger partial charge < -0.3 is 15.3 Å². The van der Waals surface area contributed by atoms with Crippen molar-refractivity contribution in [2.45, 2.75) is 43.9 Å². The number of rotatable bonds is 4. The van der Waals surface area contributed by atoms with Gasteiger partial charge in [0.05, 0.1) is 12.6 Å². The normalized spacial score (nSPS) is 32.8. The van der Waals surface area contributed by atoms with Gasteiger partial charge in [0.2, 0.25) is 5.91 Å². The minimum absolute atomic E-state index is 0.168. The molecule has 2 aliphatic rings. The van der Waals surface area contributed by atoms with Crippen molar-refractivity contribution in [1.82, 2.24) is 10.2 Å². The van der Waals surface area contributed by atoms with Crippen molar-refractivity contribution in [3.63, 3.8) is 0 Å². The van der Waals surface area contributed by atoms with Crippen LogP contribution < -0.4 is 5.32 Å². The molecule has 2 N–H and O–H groups in total. The largest absolute Gasteiger partial charge is 0.393 e. The lowest BCUT2D eigenvalue weighted by Gasteiger charge is -2.37. The molecule has 4 nitrogen and oxygen atoms in total. The van der Waals surface area contributed by atoms with Gasteiger partial charge in [-0.25, -0.2) is 0 Å². The molecule has 4 heteroatoms. The van der Waals surface area contributed by atoms with E-state index in [9.17, 15) is 9.90 Å². The molecule has 1 amide bonds. The first-order valence-corrected chi connectivity index (χ1v) is 6.03. The van der Waals surface area contributed by atoms with Crippen LogP contribution in [0.15, 0.2) is 12.7 Å². The van der Waals surface area contributed by atoms with Crippen LogP contribution in [-0.2, 0) is 4.79 Å². The molecule has 2 unspecified atom stereocenters. The third-order valence-corrected chi connectivity index (χ3v) is 3.56. The van der Waals surface area contributed by atoms with E-state index in [2.05, 4.69) is 11.9 Å². The van der Waals surface area contributed by atoms with E-state index in [4.69, 9.17) is 0 Å². The molecule has 2 fully saturated rings. The smallest absolute Gasteiger partial charge is 0.237 e. The average Bonchev–Trinajstić information content (AvgIpc) is 2.52. The van der Waals surface area contributed by atoms with E-state index in [0.717, 1.165) is 25.7 Å². The predicted octanol–water partition coefficient (Wildman–Crippen LogP) is 0.276. The monoisotopic (exact) mass is 224 g/mol. The van der Waals surface area contributed by atoms with Crippen molar-refractivity contribution in [2.24, 2.45) is 0 Å². The second kappa shape index (κ2) is 4.97. The highest BCUT2D eigenvalue weighted by molar-refractivity contribution is 5.79. The molecular formula is C12H20N2O2. The zero-order valence-corrected chi connectivity index (χ0v) is 9.56. The summed E-state index contributed by atoms with van der Waals surface area (Å²) in [4.78, 5) is 14.0. The minimum Gasteiger partial charge on any atom is -0.393 e. The molecule has 0 saturated carbocycles. The van der Waals surface area contributed by atoms with E-state index in [1.54, 1.807) is 6.08 Å². The van der Waals surface area contributed by atoms with Crippen LogP contribution in [0.3, 0.4) is 0 Å². The van der Waals surface area contributed by atoms with Crippen LogP contribution in [0, 0.1) is 0 Å². The Hall–Kier alpha value is -0.870. The summed E-state index contributed by atoms with van der Waals surface area (Å²) >= 11 is 0. The Morgan fingerprint density at radius 3 is 2.62 bits per heavy atom. The van der Waals surface area contributed by atoms with E-state index in [1.807, 2.05) is 4.90 Å². The van der Waals surface area contributed by atoms with Crippen molar-refractivity contribution >= 4 is 5.91 Å². The summed E-state index contributed by atoms with van der Waals surface area (Å²) < 4.78 is 0. The molecule has 0 spiro atoms. The summed E-state index contributed by atoms with van der Waals surface area (Å²) in [6, 6.07) is 0.540. The molecule has 0 aliphatic carbocycles. The van der Waals surface area contributed by atoms with E-state index in [-0.39, 0.29) is 24.1 Å². The van der Waals surface area contributed by atoms with Gasteiger partial charge in [0.15, 0.2) is 0 Å². The Bertz CT molecular complexity index is 266. The fourth-order valence-corrected chi connectivity index (χ4v) is 2.93. The Kier molecular flexibility index (Phi) is 3.61. The van der Waals surface area contributed by atoms with Crippen molar-refractivity contribution in [3.05, 3.63) is 12.7 Å². The summed E-state index contributed by atoms with van der Waals surface area (Å²) in [6.45, 7) is 4.65. The molecule has 90 valence electrons. The molecule has 2 rings (SSSR count). The van der Waals surface area contributed by atoms with E-state index in [0.29, 0.717) is 13.1 Å². The Balaban J connectivity index is 1.89. The first kappa shape index (κ1) is 11.6. The number of carbonyl (C=O) groups excluding carboxylic acids is 1. The molecule has 2 heterocycles. The van der Waals surface area contributed by atoms with Crippen molar-refractivity contribution < 1.29 is 9.90 Å². The minimum atomic E-state index is -0.206. The molecular weight excluding hydrogens is 204 g/mol. The van der Waals surface area contributed by atoms with Crippen LogP contribution >= 0.6 is 0 Å². The SMILES string of the molecule is C=CCNCC(=O)N1C2CCC1CC(O)C2. The van der Waals surface area contributed by atoms with Gasteiger partial charge in [-0.05, 0) is 25.7 Å². The summed E-state index contributed by atoms with van der Waals surface area (Å²) in [7, 11) is 0. The van der Waals surface area contributed by atoms with Gasteiger partial charge in [-0.15, -0.1) is 6.58 Å². The first-order chi connectivity index (χ1) is 7.72. The van der Waals surface area contributed by atoms with Gasteiger partial charge in [-0.1, -0.05) is 6.08 Å². The Labute approximate surface area is 96.3 Å². The third kappa shape index (κ3) is 2.28. The van der Waals surface area contributed by atoms with Crippen molar-refractivity contribution in [2.75, 3.05) is 13.1 Å². The van der Waals surface area contributed by atoms with Gasteiger partial charge in [-0.3, -0.25) is 4.79 Å². The summed E-state index contributed by atoms with van der Waals surface area (Å²) in [5.41, 5.74) is 0. The molecule has 0 aromatic carbocycles. The summed E-state index contributed by atoms with van der Waals surface area (Å²) in [5.74, 6) is 0.168. The van der Waals surface area contributed by atoms with E-state index >= 15 is 0 Å². The fourth-order valence-electron chi connectivity index (χ4n) is 2.93. The quantitative estimate of drug-likeness (QED) is 0.532. The number of carbonyl (C=O) groups is 1. The predicted molar refractivity (Wildman–Crippen MR) is 62.0 cm³/mol. The maximum atomic E-state index is 12.0. The number of amides is 1. The van der Waals surface area contributed by atoms with Crippen LogP contribution in [0.25, 0.3) is 0 Å². The van der Waals surface area contributed by atoms with Crippen molar-refractivity contribution in [3.8, 4) is 0 Å².